The quantitative estimate of drug-likeness (QED) is 0.580. The highest BCUT2D eigenvalue weighted by molar-refractivity contribution is 5.96. The molecule has 0 aromatic heterocycles. The number of esters is 1. The second-order valence-corrected chi connectivity index (χ2v) is 6.96. The second-order valence-electron chi connectivity index (χ2n) is 6.96. The number of fused-ring (bicyclic) bond motifs is 1. The van der Waals surface area contributed by atoms with Crippen LogP contribution in [0.5, 0.6) is 11.5 Å². The maximum Gasteiger partial charge on any atom is 0.342 e. The van der Waals surface area contributed by atoms with Crippen LogP contribution in [-0.2, 0) is 11.2 Å². The first-order valence-electron chi connectivity index (χ1n) is 9.91. The SMILES string of the molecule is CCCCOC(=O)c1c2c(cc(OC)c1OC)C(c1ccccc1)CNCC2. The summed E-state index contributed by atoms with van der Waals surface area (Å²) in [5.41, 5.74) is 3.78. The van der Waals surface area contributed by atoms with Gasteiger partial charge in [-0.3, -0.25) is 0 Å². The second kappa shape index (κ2) is 9.60. The van der Waals surface area contributed by atoms with Gasteiger partial charge in [0.15, 0.2) is 11.5 Å². The third-order valence-electron chi connectivity index (χ3n) is 5.22. The highest BCUT2D eigenvalue weighted by Crippen LogP contribution is 2.41. The fraction of sp³-hybridized carbons (Fsp3) is 0.435. The smallest absolute Gasteiger partial charge is 0.342 e. The zero-order chi connectivity index (χ0) is 19.9. The lowest BCUT2D eigenvalue weighted by Crippen LogP contribution is -2.20. The molecule has 28 heavy (non-hydrogen) atoms. The highest BCUT2D eigenvalue weighted by atomic mass is 16.5. The molecule has 150 valence electrons. The monoisotopic (exact) mass is 383 g/mol. The van der Waals surface area contributed by atoms with Gasteiger partial charge in [-0.1, -0.05) is 43.7 Å². The molecule has 0 amide bonds. The number of benzene rings is 2. The van der Waals surface area contributed by atoms with Crippen LogP contribution in [0.25, 0.3) is 0 Å². The van der Waals surface area contributed by atoms with Crippen molar-refractivity contribution in [2.24, 2.45) is 0 Å². The normalized spacial score (nSPS) is 16.0. The molecule has 2 aromatic rings. The van der Waals surface area contributed by atoms with Crippen LogP contribution >= 0.6 is 0 Å². The van der Waals surface area contributed by atoms with Crippen LogP contribution in [0, 0.1) is 0 Å². The predicted molar refractivity (Wildman–Crippen MR) is 110 cm³/mol. The van der Waals surface area contributed by atoms with Gasteiger partial charge >= 0.3 is 5.97 Å². The molecule has 5 heteroatoms. The van der Waals surface area contributed by atoms with Gasteiger partial charge in [-0.15, -0.1) is 0 Å². The Morgan fingerprint density at radius 1 is 1.18 bits per heavy atom. The minimum absolute atomic E-state index is 0.126. The van der Waals surface area contributed by atoms with Crippen LogP contribution in [0.1, 0.15) is 52.7 Å². The molecule has 1 aliphatic heterocycles. The first-order chi connectivity index (χ1) is 13.7. The zero-order valence-corrected chi connectivity index (χ0v) is 16.9. The Hall–Kier alpha value is -2.53. The number of ether oxygens (including phenoxy) is 3. The summed E-state index contributed by atoms with van der Waals surface area (Å²) < 4.78 is 16.8. The molecule has 1 unspecified atom stereocenters. The summed E-state index contributed by atoms with van der Waals surface area (Å²) in [5.74, 6) is 0.804. The van der Waals surface area contributed by atoms with Crippen LogP contribution in [0.2, 0.25) is 0 Å². The van der Waals surface area contributed by atoms with Crippen LogP contribution in [-0.4, -0.2) is 39.9 Å². The molecule has 3 rings (SSSR count). The Morgan fingerprint density at radius 2 is 1.96 bits per heavy atom. The third-order valence-corrected chi connectivity index (χ3v) is 5.22. The first kappa shape index (κ1) is 20.2. The van der Waals surface area contributed by atoms with Crippen molar-refractivity contribution in [2.75, 3.05) is 33.9 Å². The lowest BCUT2D eigenvalue weighted by atomic mass is 9.85. The van der Waals surface area contributed by atoms with E-state index in [1.165, 1.54) is 5.56 Å². The van der Waals surface area contributed by atoms with Crippen LogP contribution < -0.4 is 14.8 Å². The van der Waals surface area contributed by atoms with Gasteiger partial charge in [0.25, 0.3) is 0 Å². The molecule has 0 aliphatic carbocycles. The number of unbranched alkanes of at least 4 members (excludes halogenated alkanes) is 1. The molecule has 1 heterocycles. The Kier molecular flexibility index (Phi) is 6.93. The van der Waals surface area contributed by atoms with Gasteiger partial charge in [-0.2, -0.15) is 0 Å². The number of carbonyl (C=O) groups excluding carboxylic acids is 1. The zero-order valence-electron chi connectivity index (χ0n) is 16.9. The molecule has 0 fully saturated rings. The summed E-state index contributed by atoms with van der Waals surface area (Å²) in [4.78, 5) is 13.0. The van der Waals surface area contributed by atoms with Crippen molar-refractivity contribution in [1.82, 2.24) is 5.32 Å². The Labute approximate surface area is 167 Å². The van der Waals surface area contributed by atoms with Gasteiger partial charge in [0, 0.05) is 12.5 Å². The van der Waals surface area contributed by atoms with E-state index in [0.717, 1.165) is 43.5 Å². The van der Waals surface area contributed by atoms with E-state index < -0.39 is 0 Å². The number of hydrogen-bond acceptors (Lipinski definition) is 5. The topological polar surface area (TPSA) is 56.8 Å². The molecule has 0 saturated carbocycles. The molecule has 1 atom stereocenters. The third kappa shape index (κ3) is 4.14. The molecule has 0 saturated heterocycles. The van der Waals surface area contributed by atoms with E-state index in [2.05, 4.69) is 24.4 Å². The van der Waals surface area contributed by atoms with E-state index in [-0.39, 0.29) is 11.9 Å². The number of nitrogens with one attached hydrogen (secondary N) is 1. The van der Waals surface area contributed by atoms with E-state index in [4.69, 9.17) is 14.2 Å². The van der Waals surface area contributed by atoms with Gasteiger partial charge in [-0.05, 0) is 42.1 Å². The molecule has 2 aromatic carbocycles. The van der Waals surface area contributed by atoms with Crippen molar-refractivity contribution >= 4 is 5.97 Å². The Bertz CT molecular complexity index is 804. The van der Waals surface area contributed by atoms with E-state index in [9.17, 15) is 4.79 Å². The standard InChI is InChI=1S/C23H29NO4/c1-4-5-13-28-23(25)21-17-11-12-24-15-19(16-9-7-6-8-10-16)18(17)14-20(26-2)22(21)27-3/h6-10,14,19,24H,4-5,11-13,15H2,1-3H3. The minimum atomic E-state index is -0.339. The van der Waals surface area contributed by atoms with E-state index >= 15 is 0 Å². The van der Waals surface area contributed by atoms with Gasteiger partial charge in [-0.25, -0.2) is 4.79 Å². The summed E-state index contributed by atoms with van der Waals surface area (Å²) in [6, 6.07) is 12.4. The van der Waals surface area contributed by atoms with Crippen molar-refractivity contribution in [1.29, 1.82) is 0 Å². The van der Waals surface area contributed by atoms with Gasteiger partial charge < -0.3 is 19.5 Å². The summed E-state index contributed by atoms with van der Waals surface area (Å²) in [6.07, 6.45) is 2.55. The highest BCUT2D eigenvalue weighted by Gasteiger charge is 2.30. The number of carbonyl (C=O) groups is 1. The van der Waals surface area contributed by atoms with Gasteiger partial charge in [0.1, 0.15) is 5.56 Å². The Balaban J connectivity index is 2.14. The maximum atomic E-state index is 13.0. The number of methoxy groups -OCH3 is 2. The van der Waals surface area contributed by atoms with Crippen molar-refractivity contribution in [3.63, 3.8) is 0 Å². The molecular weight excluding hydrogens is 354 g/mol. The lowest BCUT2D eigenvalue weighted by molar-refractivity contribution is 0.0494. The van der Waals surface area contributed by atoms with E-state index in [1.807, 2.05) is 24.3 Å². The van der Waals surface area contributed by atoms with Crippen LogP contribution in [0.3, 0.4) is 0 Å². The summed E-state index contributed by atoms with van der Waals surface area (Å²) in [7, 11) is 3.17. The van der Waals surface area contributed by atoms with Gasteiger partial charge in [0.2, 0.25) is 0 Å². The van der Waals surface area contributed by atoms with Crippen molar-refractivity contribution in [3.05, 3.63) is 58.7 Å². The minimum Gasteiger partial charge on any atom is -0.493 e. The van der Waals surface area contributed by atoms with Crippen LogP contribution in [0.4, 0.5) is 0 Å². The fourth-order valence-corrected chi connectivity index (χ4v) is 3.78. The average molecular weight is 383 g/mol. The maximum absolute atomic E-state index is 13.0. The molecule has 0 bridgehead atoms. The summed E-state index contributed by atoms with van der Waals surface area (Å²) in [5, 5.41) is 3.50. The van der Waals surface area contributed by atoms with Crippen molar-refractivity contribution < 1.29 is 19.0 Å². The first-order valence-corrected chi connectivity index (χ1v) is 9.91. The molecule has 0 spiro atoms. The largest absolute Gasteiger partial charge is 0.493 e. The summed E-state index contributed by atoms with van der Waals surface area (Å²) in [6.45, 7) is 4.07. The molecular formula is C23H29NO4. The molecule has 1 N–H and O–H groups in total. The molecule has 1 aliphatic rings. The predicted octanol–water partition coefficient (Wildman–Crippen LogP) is 3.94. The van der Waals surface area contributed by atoms with Gasteiger partial charge in [0.05, 0.1) is 20.8 Å². The van der Waals surface area contributed by atoms with Crippen molar-refractivity contribution in [3.8, 4) is 11.5 Å². The molecule has 5 nitrogen and oxygen atoms in total. The molecule has 0 radical (unpaired) electrons. The van der Waals surface area contributed by atoms with Crippen LogP contribution in [0.15, 0.2) is 36.4 Å². The Morgan fingerprint density at radius 3 is 2.64 bits per heavy atom. The number of rotatable bonds is 7. The summed E-state index contributed by atoms with van der Waals surface area (Å²) >= 11 is 0. The fourth-order valence-electron chi connectivity index (χ4n) is 3.78. The lowest BCUT2D eigenvalue weighted by Gasteiger charge is -2.23. The average Bonchev–Trinajstić information content (AvgIpc) is 2.95. The van der Waals surface area contributed by atoms with Crippen molar-refractivity contribution in [2.45, 2.75) is 32.1 Å². The van der Waals surface area contributed by atoms with E-state index in [0.29, 0.717) is 23.7 Å². The number of hydrogen-bond donors (Lipinski definition) is 1. The van der Waals surface area contributed by atoms with E-state index in [1.54, 1.807) is 14.2 Å².